The summed E-state index contributed by atoms with van der Waals surface area (Å²) in [5.41, 5.74) is 0.933. The molecule has 0 bridgehead atoms. The Bertz CT molecular complexity index is 584. The van der Waals surface area contributed by atoms with Crippen molar-refractivity contribution in [2.24, 2.45) is 5.14 Å². The molecule has 0 aliphatic heterocycles. The summed E-state index contributed by atoms with van der Waals surface area (Å²) in [7, 11) is -1.48. The molecule has 3 N–H and O–H groups in total. The third-order valence-electron chi connectivity index (χ3n) is 4.22. The summed E-state index contributed by atoms with van der Waals surface area (Å²) in [4.78, 5) is 2.57. The van der Waals surface area contributed by atoms with Crippen molar-refractivity contribution in [3.8, 4) is 0 Å². The Hall–Kier alpha value is -0.950. The van der Waals surface area contributed by atoms with Gasteiger partial charge in [-0.3, -0.25) is 4.90 Å². The van der Waals surface area contributed by atoms with Gasteiger partial charge in [0.05, 0.1) is 4.90 Å². The van der Waals surface area contributed by atoms with Crippen LogP contribution in [0.2, 0.25) is 0 Å². The van der Waals surface area contributed by atoms with Gasteiger partial charge in [0, 0.05) is 24.7 Å². The predicted molar refractivity (Wildman–Crippen MR) is 84.5 cm³/mol. The summed E-state index contributed by atoms with van der Waals surface area (Å²) < 4.78 is 22.8. The maximum Gasteiger partial charge on any atom is 0.238 e. The second kappa shape index (κ2) is 6.44. The van der Waals surface area contributed by atoms with Gasteiger partial charge in [-0.05, 0) is 51.4 Å². The highest BCUT2D eigenvalue weighted by atomic mass is 32.2. The minimum Gasteiger partial charge on any atom is -0.309 e. The maximum absolute atomic E-state index is 11.4. The number of primary sulfonamides is 1. The van der Waals surface area contributed by atoms with Gasteiger partial charge in [0.25, 0.3) is 0 Å². The van der Waals surface area contributed by atoms with Crippen molar-refractivity contribution in [2.45, 2.75) is 49.7 Å². The molecule has 1 aromatic carbocycles. The largest absolute Gasteiger partial charge is 0.309 e. The molecule has 1 fully saturated rings. The van der Waals surface area contributed by atoms with E-state index in [1.807, 2.05) is 13.0 Å². The number of nitrogens with two attached hydrogens (primary N) is 1. The molecule has 0 spiro atoms. The first kappa shape index (κ1) is 16.4. The van der Waals surface area contributed by atoms with Crippen LogP contribution in [0.25, 0.3) is 0 Å². The first-order valence-electron chi connectivity index (χ1n) is 7.37. The molecule has 0 radical (unpaired) electrons. The van der Waals surface area contributed by atoms with Crippen LogP contribution in [0.15, 0.2) is 29.2 Å². The zero-order valence-electron chi connectivity index (χ0n) is 12.9. The number of nitrogens with one attached hydrogen (secondary N) is 1. The van der Waals surface area contributed by atoms with E-state index < -0.39 is 10.0 Å². The van der Waals surface area contributed by atoms with E-state index in [0.717, 1.165) is 18.2 Å². The summed E-state index contributed by atoms with van der Waals surface area (Å²) in [5, 5.41) is 8.64. The Morgan fingerprint density at radius 1 is 1.38 bits per heavy atom. The average Bonchev–Trinajstić information content (AvgIpc) is 3.27. The van der Waals surface area contributed by atoms with Crippen molar-refractivity contribution >= 4 is 10.0 Å². The van der Waals surface area contributed by atoms with Crippen LogP contribution in [0.4, 0.5) is 0 Å². The average molecular weight is 311 g/mol. The number of hydrogen-bond acceptors (Lipinski definition) is 4. The van der Waals surface area contributed by atoms with E-state index in [4.69, 9.17) is 5.14 Å². The molecule has 1 saturated carbocycles. The Labute approximate surface area is 127 Å². The molecule has 21 heavy (non-hydrogen) atoms. The van der Waals surface area contributed by atoms with Crippen LogP contribution in [0.1, 0.15) is 38.3 Å². The minimum atomic E-state index is -3.64. The highest BCUT2D eigenvalue weighted by Gasteiger charge is 2.29. The molecule has 2 atom stereocenters. The molecule has 118 valence electrons. The van der Waals surface area contributed by atoms with Gasteiger partial charge < -0.3 is 5.32 Å². The number of sulfonamides is 1. The van der Waals surface area contributed by atoms with Crippen molar-refractivity contribution in [2.75, 3.05) is 13.6 Å². The lowest BCUT2D eigenvalue weighted by atomic mass is 10.1. The van der Waals surface area contributed by atoms with Crippen LogP contribution >= 0.6 is 0 Å². The smallest absolute Gasteiger partial charge is 0.238 e. The van der Waals surface area contributed by atoms with Crippen LogP contribution in [0.5, 0.6) is 0 Å². The van der Waals surface area contributed by atoms with Crippen molar-refractivity contribution in [3.05, 3.63) is 29.8 Å². The normalized spacial score (nSPS) is 18.7. The fourth-order valence-electron chi connectivity index (χ4n) is 2.41. The molecule has 1 aliphatic carbocycles. The minimum absolute atomic E-state index is 0.0850. The van der Waals surface area contributed by atoms with Gasteiger partial charge in [-0.15, -0.1) is 0 Å². The molecular formula is C15H25N3O2S. The SMILES string of the molecule is CC(NCC(C)N(C)C1CC1)c1cccc(S(N)(=O)=O)c1. The standard InChI is InChI=1S/C15H25N3O2S/c1-11(18(3)14-7-8-14)10-17-12(2)13-5-4-6-15(9-13)21(16,19)20/h4-6,9,11-12,14,17H,7-8,10H2,1-3H3,(H2,16,19,20). The maximum atomic E-state index is 11.4. The number of nitrogens with zero attached hydrogens (tertiary/aromatic N) is 1. The van der Waals surface area contributed by atoms with Crippen LogP contribution in [0.3, 0.4) is 0 Å². The Morgan fingerprint density at radius 2 is 2.05 bits per heavy atom. The lowest BCUT2D eigenvalue weighted by Crippen LogP contribution is -2.39. The van der Waals surface area contributed by atoms with Crippen molar-refractivity contribution in [1.29, 1.82) is 0 Å². The highest BCUT2D eigenvalue weighted by molar-refractivity contribution is 7.89. The van der Waals surface area contributed by atoms with Crippen molar-refractivity contribution in [1.82, 2.24) is 10.2 Å². The molecule has 2 rings (SSSR count). The van der Waals surface area contributed by atoms with Gasteiger partial charge in [-0.2, -0.15) is 0 Å². The van der Waals surface area contributed by atoms with Gasteiger partial charge in [0.2, 0.25) is 10.0 Å². The molecule has 0 amide bonds. The van der Waals surface area contributed by atoms with E-state index in [0.29, 0.717) is 6.04 Å². The third kappa shape index (κ3) is 4.51. The molecule has 5 nitrogen and oxygen atoms in total. The fourth-order valence-corrected chi connectivity index (χ4v) is 2.98. The van der Waals surface area contributed by atoms with E-state index in [9.17, 15) is 8.42 Å². The zero-order valence-corrected chi connectivity index (χ0v) is 13.7. The number of benzene rings is 1. The van der Waals surface area contributed by atoms with Gasteiger partial charge in [-0.25, -0.2) is 13.6 Å². The molecule has 0 saturated heterocycles. The Morgan fingerprint density at radius 3 is 2.62 bits per heavy atom. The molecule has 6 heteroatoms. The second-order valence-electron chi connectivity index (χ2n) is 5.99. The van der Waals surface area contributed by atoms with Crippen molar-refractivity contribution < 1.29 is 8.42 Å². The topological polar surface area (TPSA) is 75.4 Å². The lowest BCUT2D eigenvalue weighted by molar-refractivity contribution is 0.237. The quantitative estimate of drug-likeness (QED) is 0.799. The van der Waals surface area contributed by atoms with E-state index in [-0.39, 0.29) is 10.9 Å². The van der Waals surface area contributed by atoms with Crippen LogP contribution in [-0.4, -0.2) is 39.0 Å². The second-order valence-corrected chi connectivity index (χ2v) is 7.55. The van der Waals surface area contributed by atoms with Crippen molar-refractivity contribution in [3.63, 3.8) is 0 Å². The Balaban J connectivity index is 1.95. The fraction of sp³-hybridized carbons (Fsp3) is 0.600. The molecule has 1 aliphatic rings. The first-order chi connectivity index (χ1) is 9.79. The molecule has 2 unspecified atom stereocenters. The number of likely N-dealkylation sites (N-methyl/N-ethyl adjacent to an activating group) is 1. The number of rotatable bonds is 7. The number of hydrogen-bond donors (Lipinski definition) is 2. The van der Waals surface area contributed by atoms with Crippen LogP contribution in [-0.2, 0) is 10.0 Å². The van der Waals surface area contributed by atoms with Crippen LogP contribution < -0.4 is 10.5 Å². The molecule has 1 aromatic rings. The molecule has 0 heterocycles. The molecular weight excluding hydrogens is 286 g/mol. The summed E-state index contributed by atoms with van der Waals surface area (Å²) in [6.07, 6.45) is 2.60. The van der Waals surface area contributed by atoms with E-state index >= 15 is 0 Å². The first-order valence-corrected chi connectivity index (χ1v) is 8.91. The third-order valence-corrected chi connectivity index (χ3v) is 5.14. The van der Waals surface area contributed by atoms with Gasteiger partial charge >= 0.3 is 0 Å². The molecule has 0 aromatic heterocycles. The summed E-state index contributed by atoms with van der Waals surface area (Å²) >= 11 is 0. The predicted octanol–water partition coefficient (Wildman–Crippen LogP) is 1.47. The van der Waals surface area contributed by atoms with E-state index in [2.05, 4.69) is 24.2 Å². The van der Waals surface area contributed by atoms with Gasteiger partial charge in [0.15, 0.2) is 0 Å². The van der Waals surface area contributed by atoms with E-state index in [1.54, 1.807) is 12.1 Å². The van der Waals surface area contributed by atoms with Gasteiger partial charge in [-0.1, -0.05) is 12.1 Å². The summed E-state index contributed by atoms with van der Waals surface area (Å²) in [6, 6.07) is 8.09. The highest BCUT2D eigenvalue weighted by Crippen LogP contribution is 2.27. The Kier molecular flexibility index (Phi) is 5.03. The van der Waals surface area contributed by atoms with Gasteiger partial charge in [0.1, 0.15) is 0 Å². The van der Waals surface area contributed by atoms with Crippen LogP contribution in [0, 0.1) is 0 Å². The monoisotopic (exact) mass is 311 g/mol. The van der Waals surface area contributed by atoms with E-state index in [1.165, 1.54) is 18.9 Å². The summed E-state index contributed by atoms with van der Waals surface area (Å²) in [6.45, 7) is 5.11. The zero-order chi connectivity index (χ0) is 15.6. The summed E-state index contributed by atoms with van der Waals surface area (Å²) in [5.74, 6) is 0. The lowest BCUT2D eigenvalue weighted by Gasteiger charge is -2.26.